The van der Waals surface area contributed by atoms with Gasteiger partial charge in [0.15, 0.2) is 0 Å². The molecule has 1 aromatic carbocycles. The second-order valence-electron chi connectivity index (χ2n) is 4.47. The fourth-order valence-electron chi connectivity index (χ4n) is 1.52. The van der Waals surface area contributed by atoms with Gasteiger partial charge < -0.3 is 5.32 Å². The molecular weight excluding hydrogens is 282 g/mol. The van der Waals surface area contributed by atoms with E-state index in [9.17, 15) is 14.4 Å². The summed E-state index contributed by atoms with van der Waals surface area (Å²) < 4.78 is 0. The fraction of sp³-hybridized carbons (Fsp3) is 0.308. The van der Waals surface area contributed by atoms with Gasteiger partial charge in [-0.25, -0.2) is 0 Å². The minimum absolute atomic E-state index is 0.00742. The van der Waals surface area contributed by atoms with Gasteiger partial charge in [-0.1, -0.05) is 23.7 Å². The topological polar surface area (TPSA) is 87.3 Å². The van der Waals surface area contributed by atoms with Gasteiger partial charge in [-0.2, -0.15) is 0 Å². The number of nitrogens with one attached hydrogen (secondary N) is 3. The number of halogens is 1. The Hall–Kier alpha value is -2.08. The maximum atomic E-state index is 11.8. The Morgan fingerprint density at radius 1 is 1.15 bits per heavy atom. The Balaban J connectivity index is 1.74. The molecule has 1 fully saturated rings. The molecule has 0 saturated heterocycles. The van der Waals surface area contributed by atoms with Crippen LogP contribution in [0, 0.1) is 5.92 Å². The summed E-state index contributed by atoms with van der Waals surface area (Å²) >= 11 is 5.86. The van der Waals surface area contributed by atoms with Crippen LogP contribution in [-0.2, 0) is 9.59 Å². The second-order valence-corrected chi connectivity index (χ2v) is 4.88. The van der Waals surface area contributed by atoms with Crippen molar-refractivity contribution in [1.29, 1.82) is 0 Å². The normalized spacial score (nSPS) is 13.4. The quantitative estimate of drug-likeness (QED) is 0.712. The summed E-state index contributed by atoms with van der Waals surface area (Å²) in [7, 11) is 0. The first-order chi connectivity index (χ1) is 9.58. The molecule has 1 aromatic rings. The van der Waals surface area contributed by atoms with E-state index in [-0.39, 0.29) is 18.4 Å². The van der Waals surface area contributed by atoms with E-state index in [0.29, 0.717) is 10.6 Å². The van der Waals surface area contributed by atoms with Gasteiger partial charge in [0.05, 0.1) is 17.1 Å². The first kappa shape index (κ1) is 14.3. The molecule has 3 N–H and O–H groups in total. The average molecular weight is 296 g/mol. The van der Waals surface area contributed by atoms with Gasteiger partial charge in [0, 0.05) is 5.92 Å². The average Bonchev–Trinajstić information content (AvgIpc) is 3.27. The molecule has 7 heteroatoms. The number of hydrogen-bond donors (Lipinski definition) is 3. The van der Waals surface area contributed by atoms with E-state index in [0.717, 1.165) is 12.8 Å². The highest BCUT2D eigenvalue weighted by molar-refractivity contribution is 6.33. The maximum Gasteiger partial charge on any atom is 0.257 e. The van der Waals surface area contributed by atoms with Crippen molar-refractivity contribution in [2.45, 2.75) is 12.8 Å². The summed E-state index contributed by atoms with van der Waals surface area (Å²) in [5.41, 5.74) is 4.84. The molecular formula is C13H14ClN3O3. The van der Waals surface area contributed by atoms with Crippen molar-refractivity contribution in [3.63, 3.8) is 0 Å². The lowest BCUT2D eigenvalue weighted by Crippen LogP contribution is -2.46. The Morgan fingerprint density at radius 2 is 1.85 bits per heavy atom. The minimum Gasteiger partial charge on any atom is -0.343 e. The summed E-state index contributed by atoms with van der Waals surface area (Å²) in [6, 6.07) is 6.53. The molecule has 1 aliphatic rings. The van der Waals surface area contributed by atoms with Crippen LogP contribution in [0.15, 0.2) is 24.3 Å². The molecule has 0 heterocycles. The van der Waals surface area contributed by atoms with E-state index in [2.05, 4.69) is 16.2 Å². The SMILES string of the molecule is O=C(CNC(=O)c1ccccc1Cl)NNC(=O)C1CC1. The molecule has 1 aliphatic carbocycles. The molecule has 0 radical (unpaired) electrons. The zero-order chi connectivity index (χ0) is 14.5. The fourth-order valence-corrected chi connectivity index (χ4v) is 1.75. The summed E-state index contributed by atoms with van der Waals surface area (Å²) in [6.45, 7) is -0.241. The van der Waals surface area contributed by atoms with Crippen molar-refractivity contribution in [1.82, 2.24) is 16.2 Å². The molecule has 0 spiro atoms. The van der Waals surface area contributed by atoms with Crippen molar-refractivity contribution in [2.24, 2.45) is 5.92 Å². The molecule has 3 amide bonds. The van der Waals surface area contributed by atoms with Crippen molar-refractivity contribution < 1.29 is 14.4 Å². The molecule has 1 saturated carbocycles. The molecule has 0 unspecified atom stereocenters. The predicted octanol–water partition coefficient (Wildman–Crippen LogP) is 0.627. The summed E-state index contributed by atoms with van der Waals surface area (Å²) in [6.07, 6.45) is 1.70. The van der Waals surface area contributed by atoms with Gasteiger partial charge in [-0.05, 0) is 25.0 Å². The number of carbonyl (C=O) groups is 3. The Bertz CT molecular complexity index is 543. The van der Waals surface area contributed by atoms with Gasteiger partial charge >= 0.3 is 0 Å². The molecule has 0 aromatic heterocycles. The third kappa shape index (κ3) is 3.96. The first-order valence-corrected chi connectivity index (χ1v) is 6.57. The molecule has 0 bridgehead atoms. The standard InChI is InChI=1S/C13H14ClN3O3/c14-10-4-2-1-3-9(10)13(20)15-7-11(18)16-17-12(19)8-5-6-8/h1-4,8H,5-7H2,(H,15,20)(H,16,18)(H,17,19). The van der Waals surface area contributed by atoms with Crippen LogP contribution in [0.3, 0.4) is 0 Å². The van der Waals surface area contributed by atoms with E-state index < -0.39 is 11.8 Å². The van der Waals surface area contributed by atoms with Gasteiger partial charge in [0.2, 0.25) is 5.91 Å². The van der Waals surface area contributed by atoms with E-state index in [1.807, 2.05) is 0 Å². The molecule has 106 valence electrons. The van der Waals surface area contributed by atoms with Gasteiger partial charge in [-0.3, -0.25) is 25.2 Å². The first-order valence-electron chi connectivity index (χ1n) is 6.19. The van der Waals surface area contributed by atoms with Crippen molar-refractivity contribution in [3.8, 4) is 0 Å². The third-order valence-corrected chi connectivity index (χ3v) is 3.13. The molecule has 0 atom stereocenters. The minimum atomic E-state index is -0.501. The highest BCUT2D eigenvalue weighted by Crippen LogP contribution is 2.28. The number of rotatable bonds is 4. The number of benzene rings is 1. The van der Waals surface area contributed by atoms with Crippen molar-refractivity contribution in [3.05, 3.63) is 34.9 Å². The largest absolute Gasteiger partial charge is 0.343 e. The highest BCUT2D eigenvalue weighted by atomic mass is 35.5. The third-order valence-electron chi connectivity index (χ3n) is 2.80. The number of amides is 3. The van der Waals surface area contributed by atoms with Crippen LogP contribution in [0.2, 0.25) is 5.02 Å². The molecule has 0 aliphatic heterocycles. The van der Waals surface area contributed by atoms with Crippen molar-refractivity contribution >= 4 is 29.3 Å². The number of hydrogen-bond acceptors (Lipinski definition) is 3. The number of hydrazine groups is 1. The highest BCUT2D eigenvalue weighted by Gasteiger charge is 2.29. The molecule has 6 nitrogen and oxygen atoms in total. The van der Waals surface area contributed by atoms with Gasteiger partial charge in [-0.15, -0.1) is 0 Å². The van der Waals surface area contributed by atoms with Crippen molar-refractivity contribution in [2.75, 3.05) is 6.54 Å². The number of carbonyl (C=O) groups excluding carboxylic acids is 3. The Kier molecular flexibility index (Phi) is 4.57. The van der Waals surface area contributed by atoms with Crippen LogP contribution in [0.25, 0.3) is 0 Å². The maximum absolute atomic E-state index is 11.8. The Morgan fingerprint density at radius 3 is 2.50 bits per heavy atom. The van der Waals surface area contributed by atoms with Crippen LogP contribution in [0.4, 0.5) is 0 Å². The lowest BCUT2D eigenvalue weighted by atomic mass is 10.2. The van der Waals surface area contributed by atoms with Crippen LogP contribution in [0.5, 0.6) is 0 Å². The van der Waals surface area contributed by atoms with Crippen LogP contribution in [0.1, 0.15) is 23.2 Å². The lowest BCUT2D eigenvalue weighted by molar-refractivity contribution is -0.129. The Labute approximate surface area is 120 Å². The monoisotopic (exact) mass is 295 g/mol. The smallest absolute Gasteiger partial charge is 0.257 e. The van der Waals surface area contributed by atoms with Crippen LogP contribution in [-0.4, -0.2) is 24.3 Å². The summed E-state index contributed by atoms with van der Waals surface area (Å²) in [5.74, 6) is -1.14. The zero-order valence-electron chi connectivity index (χ0n) is 10.6. The second kappa shape index (κ2) is 6.38. The molecule has 20 heavy (non-hydrogen) atoms. The van der Waals surface area contributed by atoms with E-state index in [1.165, 1.54) is 0 Å². The zero-order valence-corrected chi connectivity index (χ0v) is 11.4. The summed E-state index contributed by atoms with van der Waals surface area (Å²) in [4.78, 5) is 34.5. The van der Waals surface area contributed by atoms with E-state index >= 15 is 0 Å². The predicted molar refractivity (Wildman–Crippen MR) is 72.8 cm³/mol. The van der Waals surface area contributed by atoms with Crippen LogP contribution >= 0.6 is 11.6 Å². The van der Waals surface area contributed by atoms with Crippen LogP contribution < -0.4 is 16.2 Å². The molecule has 2 rings (SSSR count). The lowest BCUT2D eigenvalue weighted by Gasteiger charge is -2.08. The van der Waals surface area contributed by atoms with E-state index in [1.54, 1.807) is 24.3 Å². The van der Waals surface area contributed by atoms with Gasteiger partial charge in [0.25, 0.3) is 11.8 Å². The van der Waals surface area contributed by atoms with E-state index in [4.69, 9.17) is 11.6 Å². The van der Waals surface area contributed by atoms with Gasteiger partial charge in [0.1, 0.15) is 0 Å². The summed E-state index contributed by atoms with van der Waals surface area (Å²) in [5, 5.41) is 2.73.